The highest BCUT2D eigenvalue weighted by Gasteiger charge is 2.54. The molecule has 2 heterocycles. The summed E-state index contributed by atoms with van der Waals surface area (Å²) in [5, 5.41) is 19.9. The van der Waals surface area contributed by atoms with E-state index in [4.69, 9.17) is 9.52 Å². The summed E-state index contributed by atoms with van der Waals surface area (Å²) in [6, 6.07) is 8.75. The molecule has 0 bridgehead atoms. The zero-order valence-corrected chi connectivity index (χ0v) is 21.9. The average molecular weight is 529 g/mol. The van der Waals surface area contributed by atoms with Gasteiger partial charge in [0.1, 0.15) is 11.9 Å². The van der Waals surface area contributed by atoms with E-state index in [0.717, 1.165) is 62.6 Å². The first kappa shape index (κ1) is 24.9. The lowest BCUT2D eigenvalue weighted by atomic mass is 9.66. The maximum atomic E-state index is 13.7. The predicted octanol–water partition coefficient (Wildman–Crippen LogP) is 4.49. The van der Waals surface area contributed by atoms with Crippen LogP contribution in [0.2, 0.25) is 0 Å². The summed E-state index contributed by atoms with van der Waals surface area (Å²) in [6.45, 7) is 0.0838. The topological polar surface area (TPSA) is 120 Å². The van der Waals surface area contributed by atoms with Gasteiger partial charge in [-0.1, -0.05) is 12.8 Å². The second-order valence-electron chi connectivity index (χ2n) is 11.7. The number of sulfonamides is 1. The third kappa shape index (κ3) is 4.59. The van der Waals surface area contributed by atoms with E-state index in [-0.39, 0.29) is 28.8 Å². The third-order valence-electron chi connectivity index (χ3n) is 9.40. The average Bonchev–Trinajstić information content (AvgIpc) is 3.29. The molecule has 3 N–H and O–H groups in total. The Kier molecular flexibility index (Phi) is 6.16. The number of benzene rings is 1. The summed E-state index contributed by atoms with van der Waals surface area (Å²) in [7, 11) is -3.66. The number of carbonyl (C=O) groups excluding carboxylic acids is 1. The van der Waals surface area contributed by atoms with Crippen molar-refractivity contribution in [2.24, 2.45) is 11.3 Å². The van der Waals surface area contributed by atoms with Crippen molar-refractivity contribution >= 4 is 27.3 Å². The van der Waals surface area contributed by atoms with E-state index in [1.54, 1.807) is 23.1 Å². The first-order valence-electron chi connectivity index (χ1n) is 13.6. The number of aliphatic hydroxyl groups is 2. The standard InChI is InChI=1S/C28H36N2O6S/c31-15-16-37(34,35)29-20-5-6-22-21(17-20)28(13-11-27(9-10-27)12-14-28)18-30(22)26(33)24-8-7-23(36-24)25(32)19-3-1-2-4-19/h5-8,17,19,25,29,31-32H,1-4,9-16,18H2. The molecule has 1 amide bonds. The van der Waals surface area contributed by atoms with Crippen molar-refractivity contribution in [1.29, 1.82) is 0 Å². The Morgan fingerprint density at radius 2 is 1.78 bits per heavy atom. The number of furan rings is 1. The molecule has 2 spiro atoms. The van der Waals surface area contributed by atoms with Crippen LogP contribution in [0.15, 0.2) is 34.7 Å². The third-order valence-corrected chi connectivity index (χ3v) is 10.7. The molecule has 1 aliphatic heterocycles. The highest BCUT2D eigenvalue weighted by molar-refractivity contribution is 7.92. The van der Waals surface area contributed by atoms with E-state index in [1.165, 1.54) is 12.8 Å². The van der Waals surface area contributed by atoms with Crippen molar-refractivity contribution in [3.63, 3.8) is 0 Å². The number of hydrogen-bond acceptors (Lipinski definition) is 6. The van der Waals surface area contributed by atoms with Gasteiger partial charge in [0, 0.05) is 23.3 Å². The van der Waals surface area contributed by atoms with Gasteiger partial charge in [-0.15, -0.1) is 0 Å². The Morgan fingerprint density at radius 3 is 2.46 bits per heavy atom. The van der Waals surface area contributed by atoms with Gasteiger partial charge >= 0.3 is 0 Å². The van der Waals surface area contributed by atoms with Crippen molar-refractivity contribution in [3.8, 4) is 0 Å². The van der Waals surface area contributed by atoms with Gasteiger partial charge in [0.05, 0.1) is 12.4 Å². The fourth-order valence-corrected chi connectivity index (χ4v) is 7.72. The summed E-state index contributed by atoms with van der Waals surface area (Å²) in [5.74, 6) is 0.248. The van der Waals surface area contributed by atoms with E-state index in [1.807, 2.05) is 12.1 Å². The number of fused-ring (bicyclic) bond motifs is 2. The maximum absolute atomic E-state index is 13.7. The fraction of sp³-hybridized carbons (Fsp3) is 0.607. The molecule has 1 atom stereocenters. The SMILES string of the molecule is O=C(c1ccc(C(O)C2CCCC2)o1)N1CC2(CCC3(CC3)CC2)c2cc(NS(=O)(=O)CCO)ccc21. The number of rotatable bonds is 7. The highest BCUT2D eigenvalue weighted by atomic mass is 32.2. The molecule has 2 aromatic rings. The predicted molar refractivity (Wildman–Crippen MR) is 140 cm³/mol. The Labute approximate surface area is 218 Å². The number of hydrogen-bond donors (Lipinski definition) is 3. The van der Waals surface area contributed by atoms with Crippen LogP contribution in [0.3, 0.4) is 0 Å². The quantitative estimate of drug-likeness (QED) is 0.487. The van der Waals surface area contributed by atoms with Crippen LogP contribution < -0.4 is 9.62 Å². The van der Waals surface area contributed by atoms with Gasteiger partial charge in [-0.2, -0.15) is 0 Å². The molecule has 8 nitrogen and oxygen atoms in total. The molecule has 200 valence electrons. The molecule has 3 saturated carbocycles. The van der Waals surface area contributed by atoms with Crippen LogP contribution in [-0.4, -0.2) is 43.4 Å². The fourth-order valence-electron chi connectivity index (χ4n) is 6.89. The van der Waals surface area contributed by atoms with Gasteiger partial charge in [0.2, 0.25) is 10.0 Å². The van der Waals surface area contributed by atoms with E-state index >= 15 is 0 Å². The van der Waals surface area contributed by atoms with Crippen LogP contribution in [0.25, 0.3) is 0 Å². The largest absolute Gasteiger partial charge is 0.453 e. The van der Waals surface area contributed by atoms with E-state index in [0.29, 0.717) is 23.4 Å². The molecule has 1 unspecified atom stereocenters. The maximum Gasteiger partial charge on any atom is 0.294 e. The van der Waals surface area contributed by atoms with Gasteiger partial charge < -0.3 is 19.5 Å². The monoisotopic (exact) mass is 528 g/mol. The number of aliphatic hydroxyl groups excluding tert-OH is 2. The summed E-state index contributed by atoms with van der Waals surface area (Å²) >= 11 is 0. The molecule has 6 rings (SSSR count). The molecule has 3 fully saturated rings. The molecule has 0 radical (unpaired) electrons. The summed E-state index contributed by atoms with van der Waals surface area (Å²) in [6.07, 6.45) is 10.2. The van der Waals surface area contributed by atoms with E-state index in [2.05, 4.69) is 4.72 Å². The van der Waals surface area contributed by atoms with Crippen LogP contribution in [-0.2, 0) is 15.4 Å². The van der Waals surface area contributed by atoms with Gasteiger partial charge in [-0.3, -0.25) is 9.52 Å². The lowest BCUT2D eigenvalue weighted by molar-refractivity contribution is 0.0828. The summed E-state index contributed by atoms with van der Waals surface area (Å²) < 4.78 is 33.1. The van der Waals surface area contributed by atoms with Crippen molar-refractivity contribution in [1.82, 2.24) is 0 Å². The molecular formula is C28H36N2O6S. The van der Waals surface area contributed by atoms with Crippen molar-refractivity contribution in [3.05, 3.63) is 47.4 Å². The van der Waals surface area contributed by atoms with E-state index in [9.17, 15) is 18.3 Å². The van der Waals surface area contributed by atoms with Crippen LogP contribution >= 0.6 is 0 Å². The minimum atomic E-state index is -3.66. The first-order valence-corrected chi connectivity index (χ1v) is 15.2. The number of nitrogens with one attached hydrogen (secondary N) is 1. The number of nitrogens with zero attached hydrogens (tertiary/aromatic N) is 1. The lowest BCUT2D eigenvalue weighted by Crippen LogP contribution is -2.39. The minimum Gasteiger partial charge on any atom is -0.453 e. The molecule has 1 aromatic heterocycles. The zero-order valence-electron chi connectivity index (χ0n) is 21.1. The van der Waals surface area contributed by atoms with Crippen molar-refractivity contribution in [2.45, 2.75) is 75.7 Å². The lowest BCUT2D eigenvalue weighted by Gasteiger charge is -2.38. The van der Waals surface area contributed by atoms with Crippen LogP contribution in [0.4, 0.5) is 11.4 Å². The smallest absolute Gasteiger partial charge is 0.294 e. The Morgan fingerprint density at radius 1 is 1.08 bits per heavy atom. The molecule has 37 heavy (non-hydrogen) atoms. The second-order valence-corrected chi connectivity index (χ2v) is 13.6. The molecule has 1 aromatic carbocycles. The zero-order chi connectivity index (χ0) is 25.8. The normalized spacial score (nSPS) is 22.9. The molecule has 0 saturated heterocycles. The van der Waals surface area contributed by atoms with Gasteiger partial charge in [-0.05, 0) is 98.6 Å². The number of anilines is 2. The number of carbonyl (C=O) groups is 1. The van der Waals surface area contributed by atoms with Crippen LogP contribution in [0.5, 0.6) is 0 Å². The molecule has 3 aliphatic carbocycles. The summed E-state index contributed by atoms with van der Waals surface area (Å²) in [5.41, 5.74) is 2.48. The molecule has 4 aliphatic rings. The highest BCUT2D eigenvalue weighted by Crippen LogP contribution is 2.62. The minimum absolute atomic E-state index is 0.176. The van der Waals surface area contributed by atoms with Crippen molar-refractivity contribution in [2.75, 3.05) is 28.5 Å². The Hall–Kier alpha value is -2.36. The van der Waals surface area contributed by atoms with Gasteiger partial charge in [-0.25, -0.2) is 8.42 Å². The Bertz CT molecular complexity index is 1280. The van der Waals surface area contributed by atoms with Gasteiger partial charge in [0.25, 0.3) is 5.91 Å². The Balaban J connectivity index is 1.30. The molecule has 9 heteroatoms. The van der Waals surface area contributed by atoms with Crippen LogP contribution in [0.1, 0.15) is 92.2 Å². The first-order chi connectivity index (χ1) is 17.7. The summed E-state index contributed by atoms with van der Waals surface area (Å²) in [4.78, 5) is 15.5. The van der Waals surface area contributed by atoms with E-state index < -0.39 is 22.7 Å². The van der Waals surface area contributed by atoms with Crippen LogP contribution in [0, 0.1) is 11.3 Å². The second kappa shape index (κ2) is 9.13. The molecular weight excluding hydrogens is 492 g/mol. The number of amides is 1. The van der Waals surface area contributed by atoms with Gasteiger partial charge in [0.15, 0.2) is 5.76 Å². The van der Waals surface area contributed by atoms with Crippen molar-refractivity contribution < 1.29 is 27.8 Å².